The highest BCUT2D eigenvalue weighted by Crippen LogP contribution is 2.53. The molecule has 1 aromatic heterocycles. The minimum atomic E-state index is -1.15. The quantitative estimate of drug-likeness (QED) is 0.482. The van der Waals surface area contributed by atoms with Crippen molar-refractivity contribution in [2.75, 3.05) is 11.4 Å². The topological polar surface area (TPSA) is 97.8 Å². The number of amides is 2. The lowest BCUT2D eigenvalue weighted by Gasteiger charge is -2.26. The molecule has 0 radical (unpaired) electrons. The van der Waals surface area contributed by atoms with Gasteiger partial charge < -0.3 is 19.7 Å². The highest BCUT2D eigenvalue weighted by molar-refractivity contribution is 6.03. The third-order valence-electron chi connectivity index (χ3n) is 8.05. The first-order chi connectivity index (χ1) is 17.8. The molecule has 2 saturated heterocycles. The molecular weight excluding hydrogens is 470 g/mol. The summed E-state index contributed by atoms with van der Waals surface area (Å²) in [6, 6.07) is 9.50. The molecule has 1 N–H and O–H groups in total. The predicted octanol–water partition coefficient (Wildman–Crippen LogP) is 3.33. The minimum absolute atomic E-state index is 0.0742. The molecule has 2 amide bonds. The second-order valence-corrected chi connectivity index (χ2v) is 10.8. The van der Waals surface area contributed by atoms with Crippen LogP contribution in [0, 0.1) is 25.7 Å². The van der Waals surface area contributed by atoms with E-state index in [0.29, 0.717) is 12.1 Å². The maximum Gasteiger partial charge on any atom is 0.314 e. The second-order valence-electron chi connectivity index (χ2n) is 10.8. The van der Waals surface area contributed by atoms with E-state index in [0.717, 1.165) is 42.5 Å². The third kappa shape index (κ3) is 4.13. The highest BCUT2D eigenvalue weighted by atomic mass is 16.6. The summed E-state index contributed by atoms with van der Waals surface area (Å²) in [7, 11) is 0. The van der Waals surface area contributed by atoms with Gasteiger partial charge in [-0.3, -0.25) is 19.4 Å². The van der Waals surface area contributed by atoms with Crippen LogP contribution < -0.4 is 10.2 Å². The number of aryl methyl sites for hydroxylation is 2. The standard InChI is InChI=1S/C29H31N3O5/c1-17-12-18(2)14-21(13-17)32-16-29-10-9-22(37-29)23(24(29)27(32)34)28(35)36-25(19-6-5-11-30-15-19)26(33)31-20-7-3-4-8-20/h5-6,9-15,20,22-25H,3-4,7-8,16H2,1-2H3,(H,31,33)/t22-,23+,24-,25+,29+/m1/s1. The molecule has 192 valence electrons. The fraction of sp³-hybridized carbons (Fsp3) is 0.448. The molecule has 8 heteroatoms. The summed E-state index contributed by atoms with van der Waals surface area (Å²) in [6.45, 7) is 4.32. The fourth-order valence-electron chi connectivity index (χ4n) is 6.44. The van der Waals surface area contributed by atoms with E-state index in [-0.39, 0.29) is 17.9 Å². The molecule has 2 aromatic rings. The number of ether oxygens (including phenoxy) is 2. The van der Waals surface area contributed by atoms with Crippen LogP contribution in [0.3, 0.4) is 0 Å². The Labute approximate surface area is 216 Å². The molecule has 0 unspecified atom stereocenters. The third-order valence-corrected chi connectivity index (χ3v) is 8.05. The monoisotopic (exact) mass is 501 g/mol. The molecule has 3 fully saturated rings. The summed E-state index contributed by atoms with van der Waals surface area (Å²) < 4.78 is 12.2. The van der Waals surface area contributed by atoms with E-state index >= 15 is 0 Å². The number of nitrogens with one attached hydrogen (secondary N) is 1. The van der Waals surface area contributed by atoms with Gasteiger partial charge >= 0.3 is 5.97 Å². The molecule has 3 aliphatic heterocycles. The molecule has 4 heterocycles. The van der Waals surface area contributed by atoms with Crippen molar-refractivity contribution in [3.05, 3.63) is 71.6 Å². The zero-order chi connectivity index (χ0) is 25.7. The number of hydrogen-bond donors (Lipinski definition) is 1. The van der Waals surface area contributed by atoms with Gasteiger partial charge in [0, 0.05) is 29.7 Å². The van der Waals surface area contributed by atoms with Gasteiger partial charge in [0.25, 0.3) is 5.91 Å². The summed E-state index contributed by atoms with van der Waals surface area (Å²) in [5.41, 5.74) is 2.53. The number of esters is 1. The number of aromatic nitrogens is 1. The summed E-state index contributed by atoms with van der Waals surface area (Å²) in [5.74, 6) is -2.66. The SMILES string of the molecule is Cc1cc(C)cc(N2C[C@]34C=C[C@@H](O3)[C@H](C(=O)O[C@H](C(=O)NC3CCCC3)c3cccnc3)[C@@H]4C2=O)c1. The van der Waals surface area contributed by atoms with Crippen LogP contribution in [0.2, 0.25) is 0 Å². The molecular formula is C29H31N3O5. The van der Waals surface area contributed by atoms with Crippen LogP contribution in [0.1, 0.15) is 48.5 Å². The van der Waals surface area contributed by atoms with E-state index in [1.807, 2.05) is 38.1 Å². The molecule has 2 bridgehead atoms. The van der Waals surface area contributed by atoms with E-state index in [2.05, 4.69) is 16.4 Å². The summed E-state index contributed by atoms with van der Waals surface area (Å²) in [6.07, 6.45) is 9.16. The van der Waals surface area contributed by atoms with Gasteiger partial charge in [-0.15, -0.1) is 0 Å². The number of carbonyl (C=O) groups is 3. The van der Waals surface area contributed by atoms with E-state index in [4.69, 9.17) is 9.47 Å². The van der Waals surface area contributed by atoms with Gasteiger partial charge in [-0.25, -0.2) is 0 Å². The van der Waals surface area contributed by atoms with Crippen molar-refractivity contribution < 1.29 is 23.9 Å². The Morgan fingerprint density at radius 2 is 1.95 bits per heavy atom. The lowest BCUT2D eigenvalue weighted by atomic mass is 9.77. The Hall–Kier alpha value is -3.52. The van der Waals surface area contributed by atoms with Crippen LogP contribution >= 0.6 is 0 Å². The lowest BCUT2D eigenvalue weighted by Crippen LogP contribution is -2.43. The van der Waals surface area contributed by atoms with E-state index in [1.165, 1.54) is 6.20 Å². The predicted molar refractivity (Wildman–Crippen MR) is 135 cm³/mol. The first kappa shape index (κ1) is 23.9. The Bertz CT molecular complexity index is 1250. The first-order valence-corrected chi connectivity index (χ1v) is 13.0. The Morgan fingerprint density at radius 1 is 1.19 bits per heavy atom. The highest BCUT2D eigenvalue weighted by Gasteiger charge is 2.67. The fourth-order valence-corrected chi connectivity index (χ4v) is 6.44. The lowest BCUT2D eigenvalue weighted by molar-refractivity contribution is -0.163. The van der Waals surface area contributed by atoms with E-state index in [9.17, 15) is 14.4 Å². The Balaban J connectivity index is 1.26. The Kier molecular flexibility index (Phi) is 5.87. The molecule has 1 aromatic carbocycles. The number of fused-ring (bicyclic) bond motifs is 1. The number of hydrogen-bond acceptors (Lipinski definition) is 6. The van der Waals surface area contributed by atoms with Crippen molar-refractivity contribution in [3.63, 3.8) is 0 Å². The van der Waals surface area contributed by atoms with Gasteiger partial charge in [0.05, 0.1) is 18.6 Å². The van der Waals surface area contributed by atoms with Crippen LogP contribution in [0.15, 0.2) is 54.9 Å². The largest absolute Gasteiger partial charge is 0.447 e. The normalized spacial score (nSPS) is 29.0. The molecule has 8 nitrogen and oxygen atoms in total. The zero-order valence-electron chi connectivity index (χ0n) is 21.1. The van der Waals surface area contributed by atoms with Crippen molar-refractivity contribution >= 4 is 23.5 Å². The minimum Gasteiger partial charge on any atom is -0.447 e. The molecule has 5 atom stereocenters. The van der Waals surface area contributed by atoms with Gasteiger partial charge in [0.1, 0.15) is 11.5 Å². The van der Waals surface area contributed by atoms with Crippen molar-refractivity contribution in [2.24, 2.45) is 11.8 Å². The van der Waals surface area contributed by atoms with Crippen LogP contribution in [-0.2, 0) is 23.9 Å². The molecule has 4 aliphatic rings. The number of carbonyl (C=O) groups excluding carboxylic acids is 3. The first-order valence-electron chi connectivity index (χ1n) is 13.0. The van der Waals surface area contributed by atoms with Crippen molar-refractivity contribution in [2.45, 2.75) is 63.4 Å². The van der Waals surface area contributed by atoms with Crippen molar-refractivity contribution in [1.82, 2.24) is 10.3 Å². The maximum absolute atomic E-state index is 13.7. The van der Waals surface area contributed by atoms with Gasteiger partial charge in [-0.1, -0.05) is 37.1 Å². The number of anilines is 1. The number of rotatable bonds is 6. The maximum atomic E-state index is 13.7. The van der Waals surface area contributed by atoms with Crippen LogP contribution in [0.25, 0.3) is 0 Å². The number of nitrogens with zero attached hydrogens (tertiary/aromatic N) is 2. The van der Waals surface area contributed by atoms with E-state index < -0.39 is 35.6 Å². The van der Waals surface area contributed by atoms with E-state index in [1.54, 1.807) is 23.2 Å². The van der Waals surface area contributed by atoms with Gasteiger partial charge in [-0.05, 0) is 56.0 Å². The molecule has 6 rings (SSSR count). The zero-order valence-corrected chi connectivity index (χ0v) is 21.1. The number of pyridine rings is 1. The molecule has 1 aliphatic carbocycles. The van der Waals surface area contributed by atoms with Gasteiger partial charge in [0.2, 0.25) is 12.0 Å². The average molecular weight is 502 g/mol. The summed E-state index contributed by atoms with van der Waals surface area (Å²) >= 11 is 0. The molecule has 1 spiro atoms. The van der Waals surface area contributed by atoms with Crippen LogP contribution in [-0.4, -0.2) is 47.1 Å². The average Bonchev–Trinajstić information content (AvgIpc) is 3.65. The molecule has 37 heavy (non-hydrogen) atoms. The summed E-state index contributed by atoms with van der Waals surface area (Å²) in [5, 5.41) is 3.04. The van der Waals surface area contributed by atoms with Crippen LogP contribution in [0.5, 0.6) is 0 Å². The van der Waals surface area contributed by atoms with Crippen LogP contribution in [0.4, 0.5) is 5.69 Å². The molecule has 1 saturated carbocycles. The Morgan fingerprint density at radius 3 is 2.65 bits per heavy atom. The summed E-state index contributed by atoms with van der Waals surface area (Å²) in [4.78, 5) is 46.5. The van der Waals surface area contributed by atoms with Crippen molar-refractivity contribution in [1.29, 1.82) is 0 Å². The number of benzene rings is 1. The smallest absolute Gasteiger partial charge is 0.314 e. The van der Waals surface area contributed by atoms with Crippen molar-refractivity contribution in [3.8, 4) is 0 Å². The van der Waals surface area contributed by atoms with Gasteiger partial charge in [-0.2, -0.15) is 0 Å². The van der Waals surface area contributed by atoms with Gasteiger partial charge in [0.15, 0.2) is 0 Å². The second kappa shape index (κ2) is 9.10.